The fourth-order valence-corrected chi connectivity index (χ4v) is 3.12. The molecule has 0 bridgehead atoms. The lowest BCUT2D eigenvalue weighted by molar-refractivity contribution is 0.0996. The van der Waals surface area contributed by atoms with E-state index in [9.17, 15) is 13.2 Å². The van der Waals surface area contributed by atoms with Crippen LogP contribution in [0, 0.1) is 6.92 Å². The van der Waals surface area contributed by atoms with Gasteiger partial charge in [-0.25, -0.2) is 13.1 Å². The predicted octanol–water partition coefficient (Wildman–Crippen LogP) is 2.92. The second kappa shape index (κ2) is 7.43. The molecule has 0 spiro atoms. The number of carbonyl (C=O) groups excluding carboxylic acids is 1. The maximum Gasteiger partial charge on any atom is 0.291 e. The molecule has 0 unspecified atom stereocenters. The Labute approximate surface area is 135 Å². The third kappa shape index (κ3) is 4.43. The van der Waals surface area contributed by atoms with Gasteiger partial charge in [0.2, 0.25) is 10.0 Å². The summed E-state index contributed by atoms with van der Waals surface area (Å²) in [5, 5.41) is 2.64. The number of amides is 1. The van der Waals surface area contributed by atoms with Crippen LogP contribution in [0.15, 0.2) is 45.9 Å². The van der Waals surface area contributed by atoms with Crippen LogP contribution >= 0.6 is 0 Å². The van der Waals surface area contributed by atoms with Crippen molar-refractivity contribution in [2.24, 2.45) is 0 Å². The van der Waals surface area contributed by atoms with E-state index in [1.807, 2.05) is 6.92 Å². The molecule has 2 rings (SSSR count). The summed E-state index contributed by atoms with van der Waals surface area (Å²) in [6.45, 7) is 4.14. The number of furan rings is 1. The molecule has 1 amide bonds. The topological polar surface area (TPSA) is 88.4 Å². The average Bonchev–Trinajstić information content (AvgIpc) is 2.94. The highest BCUT2D eigenvalue weighted by Gasteiger charge is 2.16. The van der Waals surface area contributed by atoms with Crippen LogP contribution < -0.4 is 10.0 Å². The number of hydrogen-bond donors (Lipinski definition) is 2. The van der Waals surface area contributed by atoms with Crippen molar-refractivity contribution in [3.05, 3.63) is 47.9 Å². The highest BCUT2D eigenvalue weighted by Crippen LogP contribution is 2.17. The molecule has 0 saturated heterocycles. The van der Waals surface area contributed by atoms with E-state index in [-0.39, 0.29) is 10.7 Å². The normalized spacial score (nSPS) is 11.4. The zero-order valence-corrected chi connectivity index (χ0v) is 13.9. The molecule has 2 aromatic rings. The van der Waals surface area contributed by atoms with Gasteiger partial charge in [-0.2, -0.15) is 0 Å². The number of aryl methyl sites for hydroxylation is 1. The van der Waals surface area contributed by atoms with E-state index in [1.54, 1.807) is 25.1 Å². The molecule has 0 saturated carbocycles. The average molecular weight is 336 g/mol. The molecule has 1 heterocycles. The Kier molecular flexibility index (Phi) is 5.57. The summed E-state index contributed by atoms with van der Waals surface area (Å²) in [6, 6.07) is 7.81. The zero-order chi connectivity index (χ0) is 16.9. The fraction of sp³-hybridized carbons (Fsp3) is 0.312. The monoisotopic (exact) mass is 336 g/mol. The number of carbonyl (C=O) groups is 1. The first-order valence-electron chi connectivity index (χ1n) is 7.39. The van der Waals surface area contributed by atoms with E-state index in [4.69, 9.17) is 4.42 Å². The van der Waals surface area contributed by atoms with E-state index in [0.29, 0.717) is 17.8 Å². The third-order valence-corrected chi connectivity index (χ3v) is 4.75. The molecule has 0 radical (unpaired) electrons. The minimum absolute atomic E-state index is 0.113. The minimum Gasteiger partial charge on any atom is -0.459 e. The second-order valence-electron chi connectivity index (χ2n) is 5.17. The first kappa shape index (κ1) is 17.2. The molecule has 0 fully saturated rings. The van der Waals surface area contributed by atoms with Crippen molar-refractivity contribution in [2.75, 3.05) is 11.9 Å². The van der Waals surface area contributed by atoms with Crippen molar-refractivity contribution in [1.29, 1.82) is 0 Å². The van der Waals surface area contributed by atoms with Gasteiger partial charge in [-0.1, -0.05) is 19.4 Å². The summed E-state index contributed by atoms with van der Waals surface area (Å²) in [4.78, 5) is 12.2. The number of anilines is 1. The molecule has 6 nitrogen and oxygen atoms in total. The maximum absolute atomic E-state index is 12.2. The fourth-order valence-electron chi connectivity index (χ4n) is 2.00. The Morgan fingerprint density at radius 2 is 2.04 bits per heavy atom. The Bertz CT molecular complexity index is 781. The van der Waals surface area contributed by atoms with Crippen LogP contribution in [0.5, 0.6) is 0 Å². The SMILES string of the molecule is CCCCNS(=O)(=O)c1cccc(NC(=O)c2occc2C)c1. The highest BCUT2D eigenvalue weighted by atomic mass is 32.2. The Balaban J connectivity index is 2.14. The molecule has 1 aromatic heterocycles. The number of unbranched alkanes of at least 4 members (excludes halogenated alkanes) is 1. The molecule has 0 aliphatic carbocycles. The second-order valence-corrected chi connectivity index (χ2v) is 6.93. The smallest absolute Gasteiger partial charge is 0.291 e. The number of nitrogens with one attached hydrogen (secondary N) is 2. The zero-order valence-electron chi connectivity index (χ0n) is 13.1. The summed E-state index contributed by atoms with van der Waals surface area (Å²) in [5.41, 5.74) is 1.11. The Hall–Kier alpha value is -2.12. The lowest BCUT2D eigenvalue weighted by Gasteiger charge is -2.09. The molecule has 7 heteroatoms. The summed E-state index contributed by atoms with van der Waals surface area (Å²) >= 11 is 0. The minimum atomic E-state index is -3.58. The van der Waals surface area contributed by atoms with E-state index in [1.165, 1.54) is 18.4 Å². The third-order valence-electron chi connectivity index (χ3n) is 3.29. The van der Waals surface area contributed by atoms with Crippen LogP contribution in [-0.2, 0) is 10.0 Å². The van der Waals surface area contributed by atoms with Gasteiger partial charge in [0.25, 0.3) is 5.91 Å². The van der Waals surface area contributed by atoms with Gasteiger partial charge < -0.3 is 9.73 Å². The van der Waals surface area contributed by atoms with E-state index < -0.39 is 15.9 Å². The van der Waals surface area contributed by atoms with E-state index in [0.717, 1.165) is 12.8 Å². The summed E-state index contributed by atoms with van der Waals surface area (Å²) < 4.78 is 32.0. The van der Waals surface area contributed by atoms with Crippen molar-refractivity contribution in [3.63, 3.8) is 0 Å². The number of sulfonamides is 1. The van der Waals surface area contributed by atoms with Gasteiger partial charge in [-0.05, 0) is 37.6 Å². The van der Waals surface area contributed by atoms with Crippen molar-refractivity contribution in [2.45, 2.75) is 31.6 Å². The van der Waals surface area contributed by atoms with Crippen LogP contribution in [0.2, 0.25) is 0 Å². The first-order chi connectivity index (χ1) is 10.9. The van der Waals surface area contributed by atoms with Crippen molar-refractivity contribution in [1.82, 2.24) is 4.72 Å². The molecule has 1 aromatic carbocycles. The standard InChI is InChI=1S/C16H20N2O4S/c1-3-4-9-17-23(20,21)14-7-5-6-13(11-14)18-16(19)15-12(2)8-10-22-15/h5-8,10-11,17H,3-4,9H2,1-2H3,(H,18,19). The first-order valence-corrected chi connectivity index (χ1v) is 8.87. The largest absolute Gasteiger partial charge is 0.459 e. The Morgan fingerprint density at radius 1 is 1.26 bits per heavy atom. The van der Waals surface area contributed by atoms with Crippen LogP contribution in [0.4, 0.5) is 5.69 Å². The van der Waals surface area contributed by atoms with Gasteiger partial charge >= 0.3 is 0 Å². The van der Waals surface area contributed by atoms with Gasteiger partial charge in [0.05, 0.1) is 11.2 Å². The molecule has 0 atom stereocenters. The van der Waals surface area contributed by atoms with Gasteiger partial charge in [-0.15, -0.1) is 0 Å². The van der Waals surface area contributed by atoms with Gasteiger partial charge in [-0.3, -0.25) is 4.79 Å². The lowest BCUT2D eigenvalue weighted by atomic mass is 10.2. The summed E-state index contributed by atoms with van der Waals surface area (Å²) in [6.07, 6.45) is 3.11. The van der Waals surface area contributed by atoms with Crippen LogP contribution in [0.1, 0.15) is 35.9 Å². The van der Waals surface area contributed by atoms with E-state index >= 15 is 0 Å². The van der Waals surface area contributed by atoms with Crippen LogP contribution in [0.3, 0.4) is 0 Å². The van der Waals surface area contributed by atoms with Crippen molar-refractivity contribution >= 4 is 21.6 Å². The van der Waals surface area contributed by atoms with Gasteiger partial charge in [0, 0.05) is 17.8 Å². The molecule has 124 valence electrons. The number of rotatable bonds is 7. The van der Waals surface area contributed by atoms with Crippen LogP contribution in [-0.4, -0.2) is 20.9 Å². The summed E-state index contributed by atoms with van der Waals surface area (Å²) in [5.74, 6) is -0.208. The molecular formula is C16H20N2O4S. The predicted molar refractivity (Wildman–Crippen MR) is 87.9 cm³/mol. The Morgan fingerprint density at radius 3 is 2.70 bits per heavy atom. The van der Waals surface area contributed by atoms with Crippen molar-refractivity contribution in [3.8, 4) is 0 Å². The molecular weight excluding hydrogens is 316 g/mol. The maximum atomic E-state index is 12.2. The van der Waals surface area contributed by atoms with E-state index in [2.05, 4.69) is 10.0 Å². The molecule has 0 aliphatic heterocycles. The van der Waals surface area contributed by atoms with Gasteiger partial charge in [0.15, 0.2) is 5.76 Å². The van der Waals surface area contributed by atoms with Crippen molar-refractivity contribution < 1.29 is 17.6 Å². The number of hydrogen-bond acceptors (Lipinski definition) is 4. The quantitative estimate of drug-likeness (QED) is 0.761. The van der Waals surface area contributed by atoms with Crippen LogP contribution in [0.25, 0.3) is 0 Å². The molecule has 0 aliphatic rings. The van der Waals surface area contributed by atoms with Gasteiger partial charge in [0.1, 0.15) is 0 Å². The summed E-state index contributed by atoms with van der Waals surface area (Å²) in [7, 11) is -3.58. The number of benzene rings is 1. The lowest BCUT2D eigenvalue weighted by Crippen LogP contribution is -2.24. The molecule has 2 N–H and O–H groups in total. The molecule has 23 heavy (non-hydrogen) atoms. The highest BCUT2D eigenvalue weighted by molar-refractivity contribution is 7.89.